The highest BCUT2D eigenvalue weighted by Crippen LogP contribution is 2.23. The van der Waals surface area contributed by atoms with E-state index in [0.717, 1.165) is 37.4 Å². The van der Waals surface area contributed by atoms with Gasteiger partial charge in [0.2, 0.25) is 15.9 Å². The van der Waals surface area contributed by atoms with Crippen LogP contribution in [0.2, 0.25) is 0 Å². The second-order valence-electron chi connectivity index (χ2n) is 7.36. The van der Waals surface area contributed by atoms with Crippen LogP contribution in [0.25, 0.3) is 0 Å². The summed E-state index contributed by atoms with van der Waals surface area (Å²) in [5.41, 5.74) is -0.265. The average molecular weight is 453 g/mol. The molecular weight excluding hydrogens is 427 g/mol. The summed E-state index contributed by atoms with van der Waals surface area (Å²) in [4.78, 5) is 14.0. The number of amides is 1. The molecule has 1 amide bonds. The van der Waals surface area contributed by atoms with Gasteiger partial charge in [0.05, 0.1) is 18.1 Å². The average Bonchev–Trinajstić information content (AvgIpc) is 2.66. The van der Waals surface area contributed by atoms with E-state index in [4.69, 9.17) is 4.74 Å². The summed E-state index contributed by atoms with van der Waals surface area (Å²) in [6, 6.07) is 3.80. The van der Waals surface area contributed by atoms with Crippen LogP contribution in [0.1, 0.15) is 20.3 Å². The van der Waals surface area contributed by atoms with Gasteiger partial charge in [-0.3, -0.25) is 9.69 Å². The van der Waals surface area contributed by atoms with Gasteiger partial charge < -0.3 is 14.8 Å². The molecule has 0 bridgehead atoms. The van der Waals surface area contributed by atoms with Crippen molar-refractivity contribution in [2.75, 3.05) is 39.4 Å². The topological polar surface area (TPSA) is 97.0 Å². The number of sulfonamides is 1. The maximum absolute atomic E-state index is 12.2. The highest BCUT2D eigenvalue weighted by atomic mass is 32.2. The van der Waals surface area contributed by atoms with Gasteiger partial charge in [0, 0.05) is 38.1 Å². The molecule has 1 aliphatic heterocycles. The van der Waals surface area contributed by atoms with Gasteiger partial charge in [0.15, 0.2) is 0 Å². The molecule has 0 aromatic heterocycles. The Morgan fingerprint density at radius 1 is 1.17 bits per heavy atom. The van der Waals surface area contributed by atoms with Gasteiger partial charge in [0.1, 0.15) is 5.75 Å². The van der Waals surface area contributed by atoms with Crippen molar-refractivity contribution in [1.29, 1.82) is 0 Å². The molecular formula is C18H26F3N3O5S. The monoisotopic (exact) mass is 453 g/mol. The van der Waals surface area contributed by atoms with Gasteiger partial charge in [-0.05, 0) is 38.1 Å². The van der Waals surface area contributed by atoms with Crippen molar-refractivity contribution in [1.82, 2.24) is 14.9 Å². The van der Waals surface area contributed by atoms with Crippen LogP contribution in [-0.2, 0) is 19.6 Å². The van der Waals surface area contributed by atoms with E-state index in [0.29, 0.717) is 19.8 Å². The van der Waals surface area contributed by atoms with Crippen LogP contribution in [0.3, 0.4) is 0 Å². The third-order valence-electron chi connectivity index (χ3n) is 4.60. The van der Waals surface area contributed by atoms with Crippen molar-refractivity contribution in [3.8, 4) is 5.75 Å². The first-order chi connectivity index (χ1) is 13.9. The zero-order valence-corrected chi connectivity index (χ0v) is 17.6. The number of hydrogen-bond acceptors (Lipinski definition) is 6. The van der Waals surface area contributed by atoms with Crippen molar-refractivity contribution in [3.63, 3.8) is 0 Å². The Kier molecular flexibility index (Phi) is 8.08. The van der Waals surface area contributed by atoms with Gasteiger partial charge in [-0.2, -0.15) is 0 Å². The van der Waals surface area contributed by atoms with E-state index >= 15 is 0 Å². The van der Waals surface area contributed by atoms with Crippen LogP contribution < -0.4 is 14.8 Å². The molecule has 2 rings (SSSR count). The molecule has 8 nitrogen and oxygen atoms in total. The number of morpholine rings is 1. The highest BCUT2D eigenvalue weighted by molar-refractivity contribution is 7.89. The Morgan fingerprint density at radius 3 is 2.33 bits per heavy atom. The lowest BCUT2D eigenvalue weighted by atomic mass is 10.0. The summed E-state index contributed by atoms with van der Waals surface area (Å²) in [7, 11) is -3.97. The molecule has 12 heteroatoms. The second-order valence-corrected chi connectivity index (χ2v) is 9.12. The number of carbonyl (C=O) groups is 1. The van der Waals surface area contributed by atoms with Crippen molar-refractivity contribution >= 4 is 15.9 Å². The smallest absolute Gasteiger partial charge is 0.406 e. The Hall–Kier alpha value is -1.89. The lowest BCUT2D eigenvalue weighted by molar-refractivity contribution is -0.274. The van der Waals surface area contributed by atoms with Gasteiger partial charge in [-0.25, -0.2) is 13.1 Å². The fourth-order valence-electron chi connectivity index (χ4n) is 2.89. The summed E-state index contributed by atoms with van der Waals surface area (Å²) < 4.78 is 72.2. The third-order valence-corrected chi connectivity index (χ3v) is 6.07. The number of ether oxygens (including phenoxy) is 2. The molecule has 170 valence electrons. The first-order valence-corrected chi connectivity index (χ1v) is 10.8. The predicted octanol–water partition coefficient (Wildman–Crippen LogP) is 1.48. The Balaban J connectivity index is 1.78. The van der Waals surface area contributed by atoms with Gasteiger partial charge in [-0.1, -0.05) is 0 Å². The molecule has 0 aliphatic carbocycles. The van der Waals surface area contributed by atoms with E-state index in [1.54, 1.807) is 0 Å². The molecule has 2 N–H and O–H groups in total. The molecule has 1 aliphatic rings. The molecule has 0 spiro atoms. The normalized spacial score (nSPS) is 16.3. The van der Waals surface area contributed by atoms with Crippen LogP contribution in [0, 0.1) is 0 Å². The van der Waals surface area contributed by atoms with Gasteiger partial charge in [0.25, 0.3) is 0 Å². The van der Waals surface area contributed by atoms with Gasteiger partial charge in [-0.15, -0.1) is 13.2 Å². The molecule has 1 heterocycles. The Morgan fingerprint density at radius 2 is 1.77 bits per heavy atom. The highest BCUT2D eigenvalue weighted by Gasteiger charge is 2.31. The fraction of sp³-hybridized carbons (Fsp3) is 0.611. The molecule has 30 heavy (non-hydrogen) atoms. The van der Waals surface area contributed by atoms with Gasteiger partial charge >= 0.3 is 6.36 Å². The quantitative estimate of drug-likeness (QED) is 0.588. The minimum absolute atomic E-state index is 0.0757. The molecule has 0 unspecified atom stereocenters. The number of carbonyl (C=O) groups excluding carboxylic acids is 1. The second kappa shape index (κ2) is 9.94. The molecule has 1 aromatic carbocycles. The molecule has 0 saturated carbocycles. The van der Waals surface area contributed by atoms with Crippen molar-refractivity contribution in [2.45, 2.75) is 37.1 Å². The minimum Gasteiger partial charge on any atom is -0.406 e. The number of rotatable bonds is 9. The van der Waals surface area contributed by atoms with Crippen LogP contribution in [0.4, 0.5) is 13.2 Å². The summed E-state index contributed by atoms with van der Waals surface area (Å²) in [5, 5.41) is 2.80. The van der Waals surface area contributed by atoms with E-state index in [2.05, 4.69) is 19.7 Å². The lowest BCUT2D eigenvalue weighted by Crippen LogP contribution is -2.55. The molecule has 1 saturated heterocycles. The molecule has 0 atom stereocenters. The summed E-state index contributed by atoms with van der Waals surface area (Å²) in [6.07, 6.45) is -4.93. The predicted molar refractivity (Wildman–Crippen MR) is 102 cm³/mol. The Labute approximate surface area is 173 Å². The first kappa shape index (κ1) is 24.4. The number of hydrogen-bond donors (Lipinski definition) is 2. The SMILES string of the molecule is CC(C)(CNC(=O)CCNS(=O)(=O)c1ccc(OC(F)(F)F)cc1)N1CCOCC1. The fourth-order valence-corrected chi connectivity index (χ4v) is 3.92. The van der Waals surface area contributed by atoms with E-state index in [-0.39, 0.29) is 29.3 Å². The summed E-state index contributed by atoms with van der Waals surface area (Å²) in [6.45, 7) is 7.10. The zero-order chi connectivity index (χ0) is 22.4. The number of halogens is 3. The van der Waals surface area contributed by atoms with Crippen molar-refractivity contribution in [3.05, 3.63) is 24.3 Å². The van der Waals surface area contributed by atoms with Crippen molar-refractivity contribution < 1.29 is 35.9 Å². The third kappa shape index (κ3) is 7.74. The maximum atomic E-state index is 12.2. The summed E-state index contributed by atoms with van der Waals surface area (Å²) in [5.74, 6) is -0.836. The van der Waals surface area contributed by atoms with Crippen LogP contribution in [-0.4, -0.2) is 70.5 Å². The van der Waals surface area contributed by atoms with Crippen LogP contribution in [0.15, 0.2) is 29.2 Å². The Bertz CT molecular complexity index is 807. The van der Waals surface area contributed by atoms with E-state index in [1.165, 1.54) is 0 Å². The molecule has 1 fully saturated rings. The van der Waals surface area contributed by atoms with E-state index < -0.39 is 22.1 Å². The lowest BCUT2D eigenvalue weighted by Gasteiger charge is -2.40. The number of nitrogens with one attached hydrogen (secondary N) is 2. The number of alkyl halides is 3. The number of nitrogens with zero attached hydrogens (tertiary/aromatic N) is 1. The molecule has 1 aromatic rings. The first-order valence-electron chi connectivity index (χ1n) is 9.34. The van der Waals surface area contributed by atoms with Crippen LogP contribution >= 0.6 is 0 Å². The molecule has 0 radical (unpaired) electrons. The van der Waals surface area contributed by atoms with Crippen LogP contribution in [0.5, 0.6) is 5.75 Å². The van der Waals surface area contributed by atoms with Crippen molar-refractivity contribution in [2.24, 2.45) is 0 Å². The van der Waals surface area contributed by atoms with E-state index in [1.807, 2.05) is 13.8 Å². The largest absolute Gasteiger partial charge is 0.573 e. The van der Waals surface area contributed by atoms with E-state index in [9.17, 15) is 26.4 Å². The minimum atomic E-state index is -4.86. The number of benzene rings is 1. The maximum Gasteiger partial charge on any atom is 0.573 e. The zero-order valence-electron chi connectivity index (χ0n) is 16.8. The standard InChI is InChI=1S/C18H26F3N3O5S/c1-17(2,24-9-11-28-12-10-24)13-22-16(25)7-8-23-30(26,27)15-5-3-14(4-6-15)29-18(19,20)21/h3-6,23H,7-13H2,1-2H3,(H,22,25). The summed E-state index contributed by atoms with van der Waals surface area (Å²) >= 11 is 0.